The Morgan fingerprint density at radius 3 is 2.22 bits per heavy atom. The lowest BCUT2D eigenvalue weighted by atomic mass is 10.1. The van der Waals surface area contributed by atoms with Gasteiger partial charge in [0.15, 0.2) is 0 Å². The average molecular weight is 447 g/mol. The summed E-state index contributed by atoms with van der Waals surface area (Å²) in [5.41, 5.74) is 1.25. The summed E-state index contributed by atoms with van der Waals surface area (Å²) in [4.78, 5) is 29.2. The average Bonchev–Trinajstić information content (AvgIpc) is 2.94. The maximum atomic E-state index is 12.7. The molecule has 0 radical (unpaired) electrons. The lowest BCUT2D eigenvalue weighted by molar-refractivity contribution is 0.00431. The van der Waals surface area contributed by atoms with Gasteiger partial charge < -0.3 is 14.4 Å². The number of carbonyl (C=O) groups excluding carboxylic acids is 2. The van der Waals surface area contributed by atoms with Gasteiger partial charge in [-0.25, -0.2) is 9.59 Å². The van der Waals surface area contributed by atoms with Crippen molar-refractivity contribution in [2.45, 2.75) is 79.2 Å². The molecule has 1 amide bonds. The van der Waals surface area contributed by atoms with Crippen molar-refractivity contribution < 1.29 is 19.1 Å². The van der Waals surface area contributed by atoms with Crippen LogP contribution in [0.2, 0.25) is 0 Å². The molecule has 1 atom stereocenters. The molecule has 1 fully saturated rings. The molecular weight excluding hydrogens is 408 g/mol. The number of allylic oxidation sites excluding steroid dienone is 2. The SMILES string of the molecule is C=C/C=C\c1c(C)c(CN2CCN(C(=O)OC(C)(C)C)C[C@@H]2C)nn1C(=O)OC(C)(C)C. The van der Waals surface area contributed by atoms with E-state index in [0.29, 0.717) is 31.9 Å². The van der Waals surface area contributed by atoms with Crippen LogP contribution in [0, 0.1) is 6.92 Å². The third-order valence-corrected chi connectivity index (χ3v) is 4.99. The molecule has 8 heteroatoms. The van der Waals surface area contributed by atoms with Gasteiger partial charge in [0.25, 0.3) is 0 Å². The van der Waals surface area contributed by atoms with E-state index in [2.05, 4.69) is 23.5 Å². The van der Waals surface area contributed by atoms with Crippen molar-refractivity contribution in [2.75, 3.05) is 19.6 Å². The van der Waals surface area contributed by atoms with E-state index < -0.39 is 17.3 Å². The molecule has 8 nitrogen and oxygen atoms in total. The zero-order valence-electron chi connectivity index (χ0n) is 20.8. The Morgan fingerprint density at radius 1 is 1.09 bits per heavy atom. The van der Waals surface area contributed by atoms with Crippen LogP contribution in [0.1, 0.15) is 65.4 Å². The van der Waals surface area contributed by atoms with E-state index in [1.807, 2.05) is 54.5 Å². The fraction of sp³-hybridized carbons (Fsp3) is 0.625. The summed E-state index contributed by atoms with van der Waals surface area (Å²) in [6.07, 6.45) is 4.44. The van der Waals surface area contributed by atoms with Gasteiger partial charge >= 0.3 is 12.2 Å². The Labute approximate surface area is 191 Å². The molecule has 178 valence electrons. The number of ether oxygens (including phenoxy) is 2. The van der Waals surface area contributed by atoms with Gasteiger partial charge in [-0.1, -0.05) is 18.7 Å². The number of rotatable bonds is 4. The quantitative estimate of drug-likeness (QED) is 0.629. The first kappa shape index (κ1) is 25.6. The molecule has 1 aromatic rings. The summed E-state index contributed by atoms with van der Waals surface area (Å²) < 4.78 is 12.4. The third-order valence-electron chi connectivity index (χ3n) is 4.99. The molecule has 1 aliphatic rings. The molecule has 0 aliphatic carbocycles. The first-order chi connectivity index (χ1) is 14.7. The highest BCUT2D eigenvalue weighted by atomic mass is 16.6. The number of piperazine rings is 1. The standard InChI is InChI=1S/C24H38N4O4/c1-10-11-12-20-18(3)19(25-28(20)22(30)32-24(7,8)9)16-26-13-14-27(15-17(26)2)21(29)31-23(4,5)6/h10-12,17H,1,13-16H2,2-9H3/b12-11-/t17-/m0/s1. The van der Waals surface area contributed by atoms with Crippen molar-refractivity contribution in [3.8, 4) is 0 Å². The smallest absolute Gasteiger partial charge is 0.435 e. The van der Waals surface area contributed by atoms with Crippen LogP contribution >= 0.6 is 0 Å². The normalized spacial score (nSPS) is 18.1. The second-order valence-corrected chi connectivity index (χ2v) is 10.2. The predicted octanol–water partition coefficient (Wildman–Crippen LogP) is 4.62. The van der Waals surface area contributed by atoms with Crippen LogP contribution in [-0.4, -0.2) is 68.6 Å². The first-order valence-corrected chi connectivity index (χ1v) is 11.0. The largest absolute Gasteiger partial charge is 0.444 e. The Hall–Kier alpha value is -2.61. The second-order valence-electron chi connectivity index (χ2n) is 10.2. The molecular formula is C24H38N4O4. The number of carbonyl (C=O) groups is 2. The maximum Gasteiger partial charge on any atom is 0.435 e. The van der Waals surface area contributed by atoms with Crippen LogP contribution in [0.25, 0.3) is 6.08 Å². The minimum absolute atomic E-state index is 0.120. The minimum Gasteiger partial charge on any atom is -0.444 e. The van der Waals surface area contributed by atoms with Crippen molar-refractivity contribution in [2.24, 2.45) is 0 Å². The number of aromatic nitrogens is 2. The first-order valence-electron chi connectivity index (χ1n) is 11.0. The van der Waals surface area contributed by atoms with Crippen molar-refractivity contribution in [3.05, 3.63) is 35.7 Å². The summed E-state index contributed by atoms with van der Waals surface area (Å²) in [7, 11) is 0. The van der Waals surface area contributed by atoms with Gasteiger partial charge in [0.05, 0.1) is 11.4 Å². The topological polar surface area (TPSA) is 76.9 Å². The van der Waals surface area contributed by atoms with Gasteiger partial charge in [-0.05, 0) is 67.0 Å². The Bertz CT molecular complexity index is 874. The van der Waals surface area contributed by atoms with Crippen molar-refractivity contribution in [1.29, 1.82) is 0 Å². The van der Waals surface area contributed by atoms with Crippen LogP contribution in [0.15, 0.2) is 18.7 Å². The molecule has 0 aromatic carbocycles. The van der Waals surface area contributed by atoms with E-state index in [1.165, 1.54) is 4.68 Å². The van der Waals surface area contributed by atoms with Gasteiger partial charge in [0.2, 0.25) is 0 Å². The summed E-state index contributed by atoms with van der Waals surface area (Å²) in [6, 6.07) is 0.120. The van der Waals surface area contributed by atoms with E-state index in [0.717, 1.165) is 11.3 Å². The summed E-state index contributed by atoms with van der Waals surface area (Å²) >= 11 is 0. The van der Waals surface area contributed by atoms with Crippen molar-refractivity contribution in [1.82, 2.24) is 19.6 Å². The fourth-order valence-electron chi connectivity index (χ4n) is 3.42. The van der Waals surface area contributed by atoms with E-state index in [4.69, 9.17) is 9.47 Å². The summed E-state index contributed by atoms with van der Waals surface area (Å²) in [5.74, 6) is 0. The van der Waals surface area contributed by atoms with Gasteiger partial charge in [-0.2, -0.15) is 9.78 Å². The van der Waals surface area contributed by atoms with Gasteiger partial charge in [-0.15, -0.1) is 0 Å². The molecule has 1 saturated heterocycles. The third kappa shape index (κ3) is 6.95. The summed E-state index contributed by atoms with van der Waals surface area (Å²) in [6.45, 7) is 21.2. The molecule has 0 saturated carbocycles. The highest BCUT2D eigenvalue weighted by molar-refractivity contribution is 5.74. The van der Waals surface area contributed by atoms with Crippen LogP contribution in [0.5, 0.6) is 0 Å². The van der Waals surface area contributed by atoms with Gasteiger partial charge in [0.1, 0.15) is 11.2 Å². The van der Waals surface area contributed by atoms with E-state index in [-0.39, 0.29) is 12.1 Å². The number of hydrogen-bond acceptors (Lipinski definition) is 6. The Balaban J connectivity index is 2.19. The van der Waals surface area contributed by atoms with Crippen LogP contribution in [-0.2, 0) is 16.0 Å². The van der Waals surface area contributed by atoms with Crippen molar-refractivity contribution >= 4 is 18.3 Å². The number of nitrogens with zero attached hydrogens (tertiary/aromatic N) is 4. The minimum atomic E-state index is -0.622. The van der Waals surface area contributed by atoms with Crippen molar-refractivity contribution in [3.63, 3.8) is 0 Å². The van der Waals surface area contributed by atoms with Gasteiger partial charge in [0, 0.05) is 32.2 Å². The molecule has 1 aromatic heterocycles. The number of hydrogen-bond donors (Lipinski definition) is 0. The highest BCUT2D eigenvalue weighted by Crippen LogP contribution is 2.22. The predicted molar refractivity (Wildman–Crippen MR) is 126 cm³/mol. The molecule has 0 unspecified atom stereocenters. The zero-order chi connectivity index (χ0) is 24.3. The lowest BCUT2D eigenvalue weighted by Gasteiger charge is -2.39. The molecule has 32 heavy (non-hydrogen) atoms. The maximum absolute atomic E-state index is 12.7. The van der Waals surface area contributed by atoms with E-state index in [9.17, 15) is 9.59 Å². The Morgan fingerprint density at radius 2 is 1.69 bits per heavy atom. The second kappa shape index (κ2) is 9.90. The van der Waals surface area contributed by atoms with Gasteiger partial charge in [-0.3, -0.25) is 4.90 Å². The van der Waals surface area contributed by atoms with E-state index >= 15 is 0 Å². The lowest BCUT2D eigenvalue weighted by Crippen LogP contribution is -2.54. The molecule has 2 heterocycles. The monoisotopic (exact) mass is 446 g/mol. The summed E-state index contributed by atoms with van der Waals surface area (Å²) in [5, 5.41) is 4.59. The van der Waals surface area contributed by atoms with Crippen LogP contribution in [0.4, 0.5) is 9.59 Å². The van der Waals surface area contributed by atoms with E-state index in [1.54, 1.807) is 17.1 Å². The van der Waals surface area contributed by atoms with Crippen LogP contribution < -0.4 is 0 Å². The number of amides is 1. The molecule has 1 aliphatic heterocycles. The molecule has 0 N–H and O–H groups in total. The molecule has 2 rings (SSSR count). The fourth-order valence-corrected chi connectivity index (χ4v) is 3.42. The highest BCUT2D eigenvalue weighted by Gasteiger charge is 2.31. The molecule has 0 bridgehead atoms. The van der Waals surface area contributed by atoms with Crippen LogP contribution in [0.3, 0.4) is 0 Å². The zero-order valence-corrected chi connectivity index (χ0v) is 20.8. The molecule has 0 spiro atoms. The Kier molecular flexibility index (Phi) is 7.93.